The molecule has 0 spiro atoms. The molecule has 1 aromatic heterocycles. The van der Waals surface area contributed by atoms with Crippen molar-refractivity contribution in [1.82, 2.24) is 14.9 Å². The number of hydrogen-bond donors (Lipinski definition) is 1. The summed E-state index contributed by atoms with van der Waals surface area (Å²) in [5.74, 6) is 1.18. The van der Waals surface area contributed by atoms with Crippen LogP contribution in [0.3, 0.4) is 0 Å². The zero-order valence-corrected chi connectivity index (χ0v) is 22.1. The van der Waals surface area contributed by atoms with Gasteiger partial charge in [-0.1, -0.05) is 35.3 Å². The zero-order chi connectivity index (χ0) is 25.7. The second-order valence-electron chi connectivity index (χ2n) is 9.39. The first kappa shape index (κ1) is 24.0. The van der Waals surface area contributed by atoms with Crippen molar-refractivity contribution in [1.29, 1.82) is 0 Å². The molecule has 1 fully saturated rings. The largest absolute Gasteiger partial charge is 0.368 e. The summed E-state index contributed by atoms with van der Waals surface area (Å²) in [5, 5.41) is 4.40. The molecule has 0 atom stereocenters. The standard InChI is InChI=1S/C26H26Cl2N8O/c1-16-4-3-5-19(27)22(16)36-24(37)18-15-30-25(32-23(18)35-9-8-29-26(35)36)31-17-6-7-21(20(28)14-17)34-12-10-33(2)11-13-34/h3-7,14-15H,8-13H2,1-2H3,(H,30,31,32). The summed E-state index contributed by atoms with van der Waals surface area (Å²) >= 11 is 13.2. The summed E-state index contributed by atoms with van der Waals surface area (Å²) < 4.78 is 0. The molecule has 3 aliphatic heterocycles. The van der Waals surface area contributed by atoms with Gasteiger partial charge in [0.05, 0.1) is 28.0 Å². The van der Waals surface area contributed by atoms with Gasteiger partial charge in [-0.25, -0.2) is 9.88 Å². The van der Waals surface area contributed by atoms with E-state index < -0.39 is 0 Å². The minimum Gasteiger partial charge on any atom is -0.368 e. The summed E-state index contributed by atoms with van der Waals surface area (Å²) in [6.45, 7) is 6.98. The molecule has 0 radical (unpaired) electrons. The molecule has 37 heavy (non-hydrogen) atoms. The average Bonchev–Trinajstić information content (AvgIpc) is 3.36. The summed E-state index contributed by atoms with van der Waals surface area (Å²) in [5.41, 5.74) is 3.70. The molecule has 190 valence electrons. The normalized spacial score (nSPS) is 17.6. The minimum atomic E-state index is -0.255. The number of benzene rings is 2. The molecule has 6 rings (SSSR count). The second-order valence-corrected chi connectivity index (χ2v) is 10.2. The van der Waals surface area contributed by atoms with Crippen LogP contribution >= 0.6 is 23.2 Å². The molecule has 1 amide bonds. The number of fused-ring (bicyclic) bond motifs is 3. The van der Waals surface area contributed by atoms with E-state index in [2.05, 4.69) is 32.1 Å². The fourth-order valence-corrected chi connectivity index (χ4v) is 5.56. The van der Waals surface area contributed by atoms with Crippen molar-refractivity contribution < 1.29 is 4.79 Å². The first-order valence-electron chi connectivity index (χ1n) is 12.2. The Hall–Kier alpha value is -3.40. The predicted molar refractivity (Wildman–Crippen MR) is 149 cm³/mol. The van der Waals surface area contributed by atoms with Crippen molar-refractivity contribution in [2.75, 3.05) is 66.3 Å². The van der Waals surface area contributed by atoms with Gasteiger partial charge in [0.15, 0.2) is 5.82 Å². The average molecular weight is 537 g/mol. The van der Waals surface area contributed by atoms with Gasteiger partial charge in [0, 0.05) is 44.6 Å². The lowest BCUT2D eigenvalue weighted by atomic mass is 10.1. The molecular weight excluding hydrogens is 511 g/mol. The van der Waals surface area contributed by atoms with E-state index >= 15 is 0 Å². The van der Waals surface area contributed by atoms with Crippen molar-refractivity contribution in [3.05, 3.63) is 63.8 Å². The number of carbonyl (C=O) groups is 1. The maximum Gasteiger partial charge on any atom is 0.270 e. The molecule has 11 heteroatoms. The van der Waals surface area contributed by atoms with E-state index in [1.165, 1.54) is 0 Å². The highest BCUT2D eigenvalue weighted by atomic mass is 35.5. The molecule has 2 aromatic carbocycles. The van der Waals surface area contributed by atoms with Crippen LogP contribution in [-0.4, -0.2) is 73.1 Å². The van der Waals surface area contributed by atoms with Gasteiger partial charge in [-0.2, -0.15) is 4.98 Å². The molecule has 1 saturated heterocycles. The van der Waals surface area contributed by atoms with Gasteiger partial charge in [0.2, 0.25) is 11.9 Å². The van der Waals surface area contributed by atoms with E-state index in [9.17, 15) is 4.79 Å². The second kappa shape index (κ2) is 9.48. The van der Waals surface area contributed by atoms with E-state index in [4.69, 9.17) is 28.2 Å². The Morgan fingerprint density at radius 1 is 1.00 bits per heavy atom. The lowest BCUT2D eigenvalue weighted by Crippen LogP contribution is -2.51. The molecule has 0 bridgehead atoms. The van der Waals surface area contributed by atoms with E-state index in [1.807, 2.05) is 42.2 Å². The summed E-state index contributed by atoms with van der Waals surface area (Å²) in [4.78, 5) is 35.5. The highest BCUT2D eigenvalue weighted by Gasteiger charge is 2.41. The highest BCUT2D eigenvalue weighted by Crippen LogP contribution is 2.38. The number of para-hydroxylation sites is 1. The van der Waals surface area contributed by atoms with Crippen LogP contribution in [0, 0.1) is 6.92 Å². The first-order chi connectivity index (χ1) is 17.9. The van der Waals surface area contributed by atoms with Crippen LogP contribution in [-0.2, 0) is 0 Å². The number of aromatic nitrogens is 2. The number of nitrogens with zero attached hydrogens (tertiary/aromatic N) is 7. The number of nitrogens with one attached hydrogen (secondary N) is 1. The molecule has 4 heterocycles. The van der Waals surface area contributed by atoms with Gasteiger partial charge in [0.1, 0.15) is 5.56 Å². The zero-order valence-electron chi connectivity index (χ0n) is 20.6. The number of anilines is 5. The van der Waals surface area contributed by atoms with E-state index in [1.54, 1.807) is 17.2 Å². The van der Waals surface area contributed by atoms with Gasteiger partial charge in [0.25, 0.3) is 5.91 Å². The van der Waals surface area contributed by atoms with Crippen molar-refractivity contribution >= 4 is 63.9 Å². The third kappa shape index (κ3) is 4.27. The Morgan fingerprint density at radius 3 is 2.57 bits per heavy atom. The van der Waals surface area contributed by atoms with Crippen LogP contribution in [0.2, 0.25) is 10.0 Å². The number of aryl methyl sites for hydroxylation is 1. The van der Waals surface area contributed by atoms with Gasteiger partial charge >= 0.3 is 0 Å². The van der Waals surface area contributed by atoms with Crippen molar-refractivity contribution in [2.24, 2.45) is 4.99 Å². The Balaban J connectivity index is 1.29. The lowest BCUT2D eigenvalue weighted by molar-refractivity contribution is 0.0999. The van der Waals surface area contributed by atoms with Gasteiger partial charge in [-0.15, -0.1) is 0 Å². The number of halogens is 2. The molecule has 0 aliphatic carbocycles. The molecule has 0 saturated carbocycles. The molecule has 3 aliphatic rings. The smallest absolute Gasteiger partial charge is 0.270 e. The van der Waals surface area contributed by atoms with Crippen LogP contribution in [0.15, 0.2) is 47.6 Å². The highest BCUT2D eigenvalue weighted by molar-refractivity contribution is 6.38. The van der Waals surface area contributed by atoms with E-state index in [-0.39, 0.29) is 5.91 Å². The molecule has 1 N–H and O–H groups in total. The monoisotopic (exact) mass is 536 g/mol. The third-order valence-electron chi connectivity index (χ3n) is 6.94. The van der Waals surface area contributed by atoms with Gasteiger partial charge < -0.3 is 15.1 Å². The van der Waals surface area contributed by atoms with E-state index in [0.717, 1.165) is 43.1 Å². The Bertz CT molecular complexity index is 1400. The number of likely N-dealkylation sites (N-methyl/N-ethyl adjacent to an activating group) is 1. The van der Waals surface area contributed by atoms with E-state index in [0.29, 0.717) is 52.1 Å². The Morgan fingerprint density at radius 2 is 1.81 bits per heavy atom. The summed E-state index contributed by atoms with van der Waals surface area (Å²) in [6.07, 6.45) is 1.56. The number of carbonyl (C=O) groups excluding carboxylic acids is 1. The number of rotatable bonds is 4. The van der Waals surface area contributed by atoms with Crippen molar-refractivity contribution in [3.8, 4) is 0 Å². The van der Waals surface area contributed by atoms with Crippen LogP contribution in [0.1, 0.15) is 15.9 Å². The fourth-order valence-electron chi connectivity index (χ4n) is 4.95. The number of guanidine groups is 1. The fraction of sp³-hybridized carbons (Fsp3) is 0.308. The van der Waals surface area contributed by atoms with Crippen molar-refractivity contribution in [2.45, 2.75) is 6.92 Å². The quantitative estimate of drug-likeness (QED) is 0.528. The maximum atomic E-state index is 13.6. The first-order valence-corrected chi connectivity index (χ1v) is 12.9. The molecule has 9 nitrogen and oxygen atoms in total. The topological polar surface area (TPSA) is 80.2 Å². The summed E-state index contributed by atoms with van der Waals surface area (Å²) in [7, 11) is 2.13. The molecular formula is C26H26Cl2N8O. The minimum absolute atomic E-state index is 0.255. The third-order valence-corrected chi connectivity index (χ3v) is 7.54. The van der Waals surface area contributed by atoms with Crippen LogP contribution in [0.5, 0.6) is 0 Å². The number of amides is 1. The SMILES string of the molecule is Cc1cccc(Cl)c1N1C(=O)c2cnc(Nc3ccc(N4CCN(C)CC4)c(Cl)c3)nc2N2CCN=C21. The molecule has 0 unspecified atom stereocenters. The lowest BCUT2D eigenvalue weighted by Gasteiger charge is -2.35. The molecule has 3 aromatic rings. The van der Waals surface area contributed by atoms with Crippen LogP contribution in [0.25, 0.3) is 0 Å². The number of aliphatic imine (C=N–C) groups is 1. The maximum absolute atomic E-state index is 13.6. The van der Waals surface area contributed by atoms with Crippen molar-refractivity contribution in [3.63, 3.8) is 0 Å². The van der Waals surface area contributed by atoms with Crippen LogP contribution < -0.4 is 20.0 Å². The number of hydrogen-bond acceptors (Lipinski definition) is 8. The summed E-state index contributed by atoms with van der Waals surface area (Å²) in [6, 6.07) is 11.4. The number of piperazine rings is 1. The predicted octanol–water partition coefficient (Wildman–Crippen LogP) is 4.42. The Labute approximate surface area is 225 Å². The Kier molecular flexibility index (Phi) is 6.14. The van der Waals surface area contributed by atoms with Gasteiger partial charge in [-0.3, -0.25) is 14.7 Å². The van der Waals surface area contributed by atoms with Crippen LogP contribution in [0.4, 0.5) is 28.8 Å². The van der Waals surface area contributed by atoms with Gasteiger partial charge in [-0.05, 0) is 43.8 Å².